The third kappa shape index (κ3) is 12.7. The van der Waals surface area contributed by atoms with Crippen molar-refractivity contribution < 1.29 is 14.6 Å². The topological polar surface area (TPSA) is 72.5 Å². The van der Waals surface area contributed by atoms with Gasteiger partial charge in [-0.2, -0.15) is 0 Å². The van der Waals surface area contributed by atoms with Crippen molar-refractivity contribution >= 4 is 18.4 Å². The van der Waals surface area contributed by atoms with Crippen LogP contribution in [0.4, 0.5) is 0 Å². The molecule has 0 aliphatic rings. The van der Waals surface area contributed by atoms with Crippen LogP contribution in [0.2, 0.25) is 0 Å². The monoisotopic (exact) mass is 309 g/mol. The van der Waals surface area contributed by atoms with Crippen LogP contribution in [-0.4, -0.2) is 29.8 Å². The van der Waals surface area contributed by atoms with Gasteiger partial charge in [0, 0.05) is 0 Å². The zero-order chi connectivity index (χ0) is 14.5. The highest BCUT2D eigenvalue weighted by Gasteiger charge is 2.19. The number of unbranched alkanes of at least 4 members (excludes halogenated alkanes) is 8. The molecule has 0 aromatic carbocycles. The molecule has 0 spiro atoms. The van der Waals surface area contributed by atoms with Crippen molar-refractivity contribution in [2.24, 2.45) is 5.73 Å². The standard InChI is InChI=1S/C15H31NO3.ClH/c1-3-4-5-6-7-8-9-10-11-12-19-15(18)14(16)13(2)17;/h13-14,17H,3-12,16H2,1-2H3;1H/t13-,14+;/m1./s1. The summed E-state index contributed by atoms with van der Waals surface area (Å²) in [6.07, 6.45) is 10.2. The summed E-state index contributed by atoms with van der Waals surface area (Å²) in [5.41, 5.74) is 5.46. The van der Waals surface area contributed by atoms with E-state index in [1.54, 1.807) is 0 Å². The molecule has 0 saturated carbocycles. The van der Waals surface area contributed by atoms with Gasteiger partial charge in [-0.3, -0.25) is 4.79 Å². The second-order valence-electron chi connectivity index (χ2n) is 5.26. The minimum absolute atomic E-state index is 0. The highest BCUT2D eigenvalue weighted by molar-refractivity contribution is 5.85. The first kappa shape index (κ1) is 22.0. The minimum atomic E-state index is -0.918. The summed E-state index contributed by atoms with van der Waals surface area (Å²) >= 11 is 0. The van der Waals surface area contributed by atoms with Gasteiger partial charge in [-0.1, -0.05) is 58.3 Å². The summed E-state index contributed by atoms with van der Waals surface area (Å²) < 4.78 is 5.00. The van der Waals surface area contributed by atoms with E-state index in [1.165, 1.54) is 51.9 Å². The summed E-state index contributed by atoms with van der Waals surface area (Å²) in [6.45, 7) is 4.13. The molecule has 0 heterocycles. The van der Waals surface area contributed by atoms with Crippen LogP contribution in [0.5, 0.6) is 0 Å². The van der Waals surface area contributed by atoms with E-state index in [1.807, 2.05) is 0 Å². The number of aliphatic hydroxyl groups excluding tert-OH is 1. The van der Waals surface area contributed by atoms with Crippen LogP contribution < -0.4 is 5.73 Å². The number of ether oxygens (including phenoxy) is 1. The first-order valence-corrected chi connectivity index (χ1v) is 7.69. The van der Waals surface area contributed by atoms with Gasteiger partial charge in [-0.25, -0.2) is 0 Å². The Morgan fingerprint density at radius 1 is 1.05 bits per heavy atom. The molecule has 4 nitrogen and oxygen atoms in total. The average Bonchev–Trinajstić information content (AvgIpc) is 2.39. The molecule has 0 saturated heterocycles. The van der Waals surface area contributed by atoms with E-state index in [9.17, 15) is 4.79 Å². The Labute approximate surface area is 129 Å². The maximum atomic E-state index is 11.3. The Balaban J connectivity index is 0. The molecule has 0 aliphatic carbocycles. The summed E-state index contributed by atoms with van der Waals surface area (Å²) in [5, 5.41) is 9.13. The predicted octanol–water partition coefficient (Wildman–Crippen LogP) is 3.19. The van der Waals surface area contributed by atoms with Crippen molar-refractivity contribution in [3.63, 3.8) is 0 Å². The van der Waals surface area contributed by atoms with Crippen LogP contribution in [0.1, 0.15) is 71.6 Å². The summed E-state index contributed by atoms with van der Waals surface area (Å²) in [4.78, 5) is 11.3. The summed E-state index contributed by atoms with van der Waals surface area (Å²) in [7, 11) is 0. The van der Waals surface area contributed by atoms with E-state index < -0.39 is 18.1 Å². The van der Waals surface area contributed by atoms with E-state index in [0.29, 0.717) is 6.61 Å². The number of carbonyl (C=O) groups is 1. The van der Waals surface area contributed by atoms with Crippen molar-refractivity contribution in [2.75, 3.05) is 6.61 Å². The maximum Gasteiger partial charge on any atom is 0.325 e. The van der Waals surface area contributed by atoms with Gasteiger partial charge in [0.2, 0.25) is 0 Å². The molecule has 0 rings (SSSR count). The second kappa shape index (κ2) is 15.1. The predicted molar refractivity (Wildman–Crippen MR) is 85.1 cm³/mol. The number of esters is 1. The fourth-order valence-corrected chi connectivity index (χ4v) is 1.88. The Morgan fingerprint density at radius 2 is 1.50 bits per heavy atom. The molecule has 0 aromatic rings. The molecule has 0 unspecified atom stereocenters. The lowest BCUT2D eigenvalue weighted by Crippen LogP contribution is -2.41. The Morgan fingerprint density at radius 3 is 1.95 bits per heavy atom. The van der Waals surface area contributed by atoms with Crippen LogP contribution in [0.3, 0.4) is 0 Å². The van der Waals surface area contributed by atoms with E-state index in [4.69, 9.17) is 15.6 Å². The Hall–Kier alpha value is -0.320. The third-order valence-corrected chi connectivity index (χ3v) is 3.28. The fraction of sp³-hybridized carbons (Fsp3) is 0.933. The number of hydrogen-bond acceptors (Lipinski definition) is 4. The van der Waals surface area contributed by atoms with E-state index in [-0.39, 0.29) is 12.4 Å². The molecule has 0 amide bonds. The Kier molecular flexibility index (Phi) is 16.6. The molecular weight excluding hydrogens is 278 g/mol. The molecular formula is C15H32ClNO3. The van der Waals surface area contributed by atoms with Gasteiger partial charge < -0.3 is 15.6 Å². The molecule has 0 radical (unpaired) electrons. The van der Waals surface area contributed by atoms with E-state index in [0.717, 1.165) is 12.8 Å². The lowest BCUT2D eigenvalue weighted by Gasteiger charge is -2.13. The van der Waals surface area contributed by atoms with Crippen LogP contribution >= 0.6 is 12.4 Å². The molecule has 0 aliphatic heterocycles. The molecule has 0 aromatic heterocycles. The SMILES string of the molecule is CCCCCCCCCCCOC(=O)[C@@H](N)[C@@H](C)O.Cl. The second-order valence-corrected chi connectivity index (χ2v) is 5.26. The van der Waals surface area contributed by atoms with E-state index in [2.05, 4.69) is 6.92 Å². The van der Waals surface area contributed by atoms with Gasteiger partial charge in [-0.15, -0.1) is 12.4 Å². The molecule has 2 atom stereocenters. The zero-order valence-corrected chi connectivity index (χ0v) is 13.8. The van der Waals surface area contributed by atoms with Crippen molar-refractivity contribution in [1.29, 1.82) is 0 Å². The van der Waals surface area contributed by atoms with Gasteiger partial charge in [-0.05, 0) is 13.3 Å². The number of halogens is 1. The quantitative estimate of drug-likeness (QED) is 0.429. The highest BCUT2D eigenvalue weighted by atomic mass is 35.5. The van der Waals surface area contributed by atoms with Gasteiger partial charge in [0.15, 0.2) is 0 Å². The van der Waals surface area contributed by atoms with E-state index >= 15 is 0 Å². The number of aliphatic hydroxyl groups is 1. The lowest BCUT2D eigenvalue weighted by molar-refractivity contribution is -0.147. The first-order chi connectivity index (χ1) is 9.09. The van der Waals surface area contributed by atoms with Gasteiger partial charge in [0.25, 0.3) is 0 Å². The number of nitrogens with two attached hydrogens (primary N) is 1. The van der Waals surface area contributed by atoms with Crippen molar-refractivity contribution in [2.45, 2.75) is 83.8 Å². The largest absolute Gasteiger partial charge is 0.464 e. The number of hydrogen-bond donors (Lipinski definition) is 2. The summed E-state index contributed by atoms with van der Waals surface area (Å²) in [6, 6.07) is -0.918. The smallest absolute Gasteiger partial charge is 0.325 e. The summed E-state index contributed by atoms with van der Waals surface area (Å²) in [5.74, 6) is -0.505. The fourth-order valence-electron chi connectivity index (χ4n) is 1.88. The van der Waals surface area contributed by atoms with Crippen LogP contribution in [0.15, 0.2) is 0 Å². The zero-order valence-electron chi connectivity index (χ0n) is 13.0. The van der Waals surface area contributed by atoms with Crippen molar-refractivity contribution in [1.82, 2.24) is 0 Å². The normalized spacial score (nSPS) is 13.4. The average molecular weight is 310 g/mol. The van der Waals surface area contributed by atoms with Gasteiger partial charge >= 0.3 is 5.97 Å². The first-order valence-electron chi connectivity index (χ1n) is 7.69. The highest BCUT2D eigenvalue weighted by Crippen LogP contribution is 2.09. The molecule has 20 heavy (non-hydrogen) atoms. The molecule has 122 valence electrons. The molecule has 0 bridgehead atoms. The lowest BCUT2D eigenvalue weighted by atomic mass is 10.1. The van der Waals surface area contributed by atoms with Crippen molar-refractivity contribution in [3.8, 4) is 0 Å². The molecule has 3 N–H and O–H groups in total. The Bertz CT molecular complexity index is 225. The van der Waals surface area contributed by atoms with Gasteiger partial charge in [0.05, 0.1) is 12.7 Å². The van der Waals surface area contributed by atoms with Crippen LogP contribution in [0, 0.1) is 0 Å². The maximum absolute atomic E-state index is 11.3. The molecule has 5 heteroatoms. The van der Waals surface area contributed by atoms with Crippen LogP contribution in [-0.2, 0) is 9.53 Å². The molecule has 0 fully saturated rings. The van der Waals surface area contributed by atoms with Crippen LogP contribution in [0.25, 0.3) is 0 Å². The third-order valence-electron chi connectivity index (χ3n) is 3.28. The number of rotatable bonds is 12. The minimum Gasteiger partial charge on any atom is -0.464 e. The van der Waals surface area contributed by atoms with Crippen molar-refractivity contribution in [3.05, 3.63) is 0 Å². The van der Waals surface area contributed by atoms with Gasteiger partial charge in [0.1, 0.15) is 6.04 Å². The number of carbonyl (C=O) groups excluding carboxylic acids is 1.